The summed E-state index contributed by atoms with van der Waals surface area (Å²) < 4.78 is 51.9. The predicted molar refractivity (Wildman–Crippen MR) is 311 cm³/mol. The quantitative estimate of drug-likeness (QED) is 0.148. The summed E-state index contributed by atoms with van der Waals surface area (Å²) in [6, 6.07) is 80.3. The number of hydrogen-bond donors (Lipinski definition) is 0. The van der Waals surface area contributed by atoms with Crippen molar-refractivity contribution in [1.29, 1.82) is 0 Å². The second-order valence-corrected chi connectivity index (χ2v) is 19.9. The van der Waals surface area contributed by atoms with Gasteiger partial charge in [0.2, 0.25) is 0 Å². The number of rotatable bonds is 6. The molecule has 364 valence electrons. The summed E-state index contributed by atoms with van der Waals surface area (Å²) in [5.41, 5.74) is 15.4. The van der Waals surface area contributed by atoms with Gasteiger partial charge in [-0.2, -0.15) is 13.2 Å². The predicted octanol–water partition coefficient (Wildman–Crippen LogP) is 19.3. The van der Waals surface area contributed by atoms with Crippen molar-refractivity contribution in [2.24, 2.45) is 0 Å². The van der Waals surface area contributed by atoms with Crippen molar-refractivity contribution in [3.63, 3.8) is 0 Å². The van der Waals surface area contributed by atoms with Crippen LogP contribution in [0.3, 0.4) is 0 Å². The van der Waals surface area contributed by atoms with Crippen LogP contribution in [-0.4, -0.2) is 18.3 Å². The maximum absolute atomic E-state index is 14.2. The third-order valence-corrected chi connectivity index (χ3v) is 15.7. The Labute approximate surface area is 439 Å². The highest BCUT2D eigenvalue weighted by atomic mass is 19.4. The molecule has 0 saturated heterocycles. The number of hydrogen-bond acceptors (Lipinski definition) is 0. The average molecular weight is 998 g/mol. The molecule has 0 aliphatic carbocycles. The minimum absolute atomic E-state index is 0.473. The number of halogens is 3. The molecule has 0 N–H and O–H groups in total. The van der Waals surface area contributed by atoms with E-state index in [1.54, 1.807) is 13.0 Å². The first-order valence-electron chi connectivity index (χ1n) is 25.6. The summed E-state index contributed by atoms with van der Waals surface area (Å²) in [5.74, 6) is 0. The molecule has 0 unspecified atom stereocenters. The standard InChI is InChI=1S/C69H42F3N5/c1-42-35-44(69(70,71)72)30-33-48(42)43-29-32-53(64(36-43)77-62-28-16-12-24-52(62)58-39-56-50-22-10-14-26-60(50)75(66(56)41-68(58)77)47-19-7-4-8-20-47)54-37-45(73-2)31-34-63(54)76-61-27-15-11-23-51(61)57-38-55-49-21-9-13-25-59(49)74(65(55)40-67(57)76)46-17-5-3-6-18-46/h3-41H,1H3. The Bertz CT molecular complexity index is 4990. The number of para-hydroxylation sites is 6. The van der Waals surface area contributed by atoms with E-state index in [1.165, 1.54) is 12.1 Å². The van der Waals surface area contributed by atoms with Gasteiger partial charge in [0, 0.05) is 60.0 Å². The zero-order valence-electron chi connectivity index (χ0n) is 41.4. The molecule has 0 aliphatic rings. The van der Waals surface area contributed by atoms with Gasteiger partial charge in [0.1, 0.15) is 0 Å². The second-order valence-electron chi connectivity index (χ2n) is 19.9. The Morgan fingerprint density at radius 3 is 1.23 bits per heavy atom. The van der Waals surface area contributed by atoms with E-state index in [1.807, 2.05) is 30.3 Å². The third-order valence-electron chi connectivity index (χ3n) is 15.7. The third kappa shape index (κ3) is 6.67. The number of benzene rings is 11. The van der Waals surface area contributed by atoms with E-state index in [2.05, 4.69) is 211 Å². The lowest BCUT2D eigenvalue weighted by atomic mass is 9.93. The number of alkyl halides is 3. The molecule has 0 amide bonds. The van der Waals surface area contributed by atoms with Crippen LogP contribution < -0.4 is 0 Å². The van der Waals surface area contributed by atoms with E-state index in [9.17, 15) is 13.2 Å². The van der Waals surface area contributed by atoms with Gasteiger partial charge in [-0.3, -0.25) is 0 Å². The average Bonchev–Trinajstić information content (AvgIpc) is 4.20. The zero-order valence-corrected chi connectivity index (χ0v) is 41.4. The van der Waals surface area contributed by atoms with E-state index in [0.29, 0.717) is 16.8 Å². The molecule has 0 aliphatic heterocycles. The first kappa shape index (κ1) is 44.4. The van der Waals surface area contributed by atoms with Crippen LogP contribution in [0.4, 0.5) is 18.9 Å². The smallest absolute Gasteiger partial charge is 0.309 e. The Balaban J connectivity index is 1.07. The molecule has 77 heavy (non-hydrogen) atoms. The van der Waals surface area contributed by atoms with E-state index < -0.39 is 11.7 Å². The molecule has 0 spiro atoms. The van der Waals surface area contributed by atoms with Crippen LogP contribution in [0.1, 0.15) is 11.1 Å². The first-order valence-corrected chi connectivity index (χ1v) is 25.6. The van der Waals surface area contributed by atoms with Crippen LogP contribution in [0.25, 0.3) is 137 Å². The summed E-state index contributed by atoms with van der Waals surface area (Å²) in [6.45, 7) is 10.2. The van der Waals surface area contributed by atoms with Crippen molar-refractivity contribution >= 4 is 92.9 Å². The van der Waals surface area contributed by atoms with Crippen LogP contribution in [0, 0.1) is 13.5 Å². The van der Waals surface area contributed by atoms with Gasteiger partial charge in [-0.05, 0) is 132 Å². The summed E-state index contributed by atoms with van der Waals surface area (Å²) in [7, 11) is 0. The molecule has 11 aromatic carbocycles. The lowest BCUT2D eigenvalue weighted by molar-refractivity contribution is -0.137. The fourth-order valence-electron chi connectivity index (χ4n) is 12.4. The lowest BCUT2D eigenvalue weighted by Crippen LogP contribution is -2.05. The van der Waals surface area contributed by atoms with Gasteiger partial charge in [-0.1, -0.05) is 133 Å². The monoisotopic (exact) mass is 997 g/mol. The summed E-state index contributed by atoms with van der Waals surface area (Å²) >= 11 is 0. The number of nitrogens with zero attached hydrogens (tertiary/aromatic N) is 5. The minimum Gasteiger partial charge on any atom is -0.309 e. The zero-order chi connectivity index (χ0) is 51.7. The molecule has 5 nitrogen and oxygen atoms in total. The Kier molecular flexibility index (Phi) is 9.63. The fourth-order valence-corrected chi connectivity index (χ4v) is 12.4. The molecule has 4 aromatic heterocycles. The number of fused-ring (bicyclic) bond motifs is 12. The van der Waals surface area contributed by atoms with E-state index >= 15 is 0 Å². The molecule has 15 rings (SSSR count). The fraction of sp³-hybridized carbons (Fsp3) is 0.0290. The van der Waals surface area contributed by atoms with E-state index in [4.69, 9.17) is 6.57 Å². The van der Waals surface area contributed by atoms with Gasteiger partial charge < -0.3 is 18.3 Å². The Morgan fingerprint density at radius 2 is 0.766 bits per heavy atom. The molecular weight excluding hydrogens is 956 g/mol. The van der Waals surface area contributed by atoms with Crippen molar-refractivity contribution in [2.75, 3.05) is 0 Å². The van der Waals surface area contributed by atoms with Gasteiger partial charge in [-0.25, -0.2) is 4.85 Å². The van der Waals surface area contributed by atoms with Crippen LogP contribution in [0.5, 0.6) is 0 Å². The van der Waals surface area contributed by atoms with E-state index in [0.717, 1.165) is 127 Å². The molecule has 0 saturated carbocycles. The van der Waals surface area contributed by atoms with E-state index in [-0.39, 0.29) is 0 Å². The Morgan fingerprint density at radius 1 is 0.338 bits per heavy atom. The molecule has 0 atom stereocenters. The molecule has 0 fully saturated rings. The molecule has 15 aromatic rings. The van der Waals surface area contributed by atoms with Gasteiger partial charge >= 0.3 is 6.18 Å². The summed E-state index contributed by atoms with van der Waals surface area (Å²) in [6.07, 6.45) is -4.49. The maximum Gasteiger partial charge on any atom is 0.416 e. The van der Waals surface area contributed by atoms with Crippen LogP contribution in [-0.2, 0) is 6.18 Å². The maximum atomic E-state index is 14.2. The van der Waals surface area contributed by atoms with Crippen LogP contribution >= 0.6 is 0 Å². The van der Waals surface area contributed by atoms with Crippen molar-refractivity contribution in [2.45, 2.75) is 13.1 Å². The highest BCUT2D eigenvalue weighted by molar-refractivity contribution is 6.21. The van der Waals surface area contributed by atoms with Crippen molar-refractivity contribution in [3.8, 4) is 45.0 Å². The van der Waals surface area contributed by atoms with Gasteiger partial charge in [0.15, 0.2) is 5.69 Å². The topological polar surface area (TPSA) is 24.1 Å². The van der Waals surface area contributed by atoms with Gasteiger partial charge in [0.05, 0.1) is 67.6 Å². The molecule has 4 heterocycles. The van der Waals surface area contributed by atoms with Crippen LogP contribution in [0.2, 0.25) is 0 Å². The SMILES string of the molecule is [C-]#[N+]c1ccc(-n2c3ccccc3c3cc4c5ccccc5n(-c5ccccc5)c4cc32)c(-c2ccc(-c3ccc(C(F)(F)F)cc3C)cc2-n2c3ccccc3c3cc4c5ccccc5n(-c5ccccc5)c4cc32)c1. The lowest BCUT2D eigenvalue weighted by Gasteiger charge is -2.21. The molecule has 0 radical (unpaired) electrons. The summed E-state index contributed by atoms with van der Waals surface area (Å²) in [5, 5.41) is 8.86. The van der Waals surface area contributed by atoms with Crippen molar-refractivity contribution < 1.29 is 13.2 Å². The molecular formula is C69H42F3N5. The normalized spacial score (nSPS) is 12.1. The highest BCUT2D eigenvalue weighted by Gasteiger charge is 2.31. The molecule has 0 bridgehead atoms. The second kappa shape index (κ2) is 16.7. The van der Waals surface area contributed by atoms with Gasteiger partial charge in [-0.15, -0.1) is 0 Å². The number of aromatic nitrogens is 4. The van der Waals surface area contributed by atoms with Crippen LogP contribution in [0.15, 0.2) is 237 Å². The van der Waals surface area contributed by atoms with Gasteiger partial charge in [0.25, 0.3) is 0 Å². The highest BCUT2D eigenvalue weighted by Crippen LogP contribution is 2.47. The minimum atomic E-state index is -4.49. The van der Waals surface area contributed by atoms with Crippen molar-refractivity contribution in [1.82, 2.24) is 18.3 Å². The molecule has 8 heteroatoms. The van der Waals surface area contributed by atoms with Crippen molar-refractivity contribution in [3.05, 3.63) is 259 Å². The number of aryl methyl sites for hydroxylation is 1. The Hall–Kier alpha value is -10.1. The first-order chi connectivity index (χ1) is 37.7. The summed E-state index contributed by atoms with van der Waals surface area (Å²) in [4.78, 5) is 4.04. The largest absolute Gasteiger partial charge is 0.416 e.